The van der Waals surface area contributed by atoms with Gasteiger partial charge in [0.2, 0.25) is 0 Å². The molecule has 2 amide bonds. The summed E-state index contributed by atoms with van der Waals surface area (Å²) in [5.74, 6) is -1.86. The quantitative estimate of drug-likeness (QED) is 0.904. The lowest BCUT2D eigenvalue weighted by Gasteiger charge is -2.15. The first kappa shape index (κ1) is 13.9. The van der Waals surface area contributed by atoms with Crippen molar-refractivity contribution in [1.29, 1.82) is 0 Å². The van der Waals surface area contributed by atoms with Crippen LogP contribution in [0.4, 0.5) is 19.3 Å². The fourth-order valence-corrected chi connectivity index (χ4v) is 1.67. The van der Waals surface area contributed by atoms with Crippen molar-refractivity contribution in [3.8, 4) is 0 Å². The van der Waals surface area contributed by atoms with Gasteiger partial charge in [0.15, 0.2) is 11.6 Å². The number of nitrogens with one attached hydrogen (secondary N) is 2. The van der Waals surface area contributed by atoms with Crippen molar-refractivity contribution in [1.82, 2.24) is 10.3 Å². The maximum atomic E-state index is 13.1. The van der Waals surface area contributed by atoms with Crippen LogP contribution in [0.25, 0.3) is 0 Å². The number of halogens is 2. The van der Waals surface area contributed by atoms with Gasteiger partial charge in [0.25, 0.3) is 0 Å². The molecule has 1 heterocycles. The average molecular weight is 277 g/mol. The molecule has 20 heavy (non-hydrogen) atoms. The number of carbonyl (C=O) groups excluding carboxylic acids is 1. The molecule has 2 N–H and O–H groups in total. The molecule has 0 aliphatic carbocycles. The van der Waals surface area contributed by atoms with Crippen molar-refractivity contribution in [2.75, 3.05) is 5.32 Å². The van der Waals surface area contributed by atoms with E-state index in [1.807, 2.05) is 0 Å². The number of carbonyl (C=O) groups is 1. The van der Waals surface area contributed by atoms with E-state index < -0.39 is 23.7 Å². The van der Waals surface area contributed by atoms with E-state index in [9.17, 15) is 13.6 Å². The molecule has 0 aliphatic rings. The highest BCUT2D eigenvalue weighted by Crippen LogP contribution is 2.16. The molecule has 0 bridgehead atoms. The second kappa shape index (κ2) is 6.10. The first-order valence-corrected chi connectivity index (χ1v) is 5.99. The number of hydrogen-bond acceptors (Lipinski definition) is 2. The van der Waals surface area contributed by atoms with Gasteiger partial charge in [0.1, 0.15) is 0 Å². The van der Waals surface area contributed by atoms with Crippen molar-refractivity contribution < 1.29 is 13.6 Å². The van der Waals surface area contributed by atoms with Gasteiger partial charge in [-0.2, -0.15) is 0 Å². The van der Waals surface area contributed by atoms with Crippen molar-refractivity contribution >= 4 is 11.7 Å². The van der Waals surface area contributed by atoms with E-state index >= 15 is 0 Å². The summed E-state index contributed by atoms with van der Waals surface area (Å²) < 4.78 is 25.9. The molecule has 6 heteroatoms. The van der Waals surface area contributed by atoms with Gasteiger partial charge in [0, 0.05) is 6.20 Å². The Morgan fingerprint density at radius 2 is 2.05 bits per heavy atom. The lowest BCUT2D eigenvalue weighted by molar-refractivity contribution is 0.249. The second-order valence-corrected chi connectivity index (χ2v) is 4.24. The predicted molar refractivity (Wildman–Crippen MR) is 71.2 cm³/mol. The SMILES string of the molecule is C[C@@H](NC(=O)Nc1cccnc1)c1ccc(F)c(F)c1. The van der Waals surface area contributed by atoms with Crippen LogP contribution in [0.15, 0.2) is 42.7 Å². The zero-order valence-electron chi connectivity index (χ0n) is 10.7. The zero-order chi connectivity index (χ0) is 14.5. The third-order valence-electron chi connectivity index (χ3n) is 2.71. The molecule has 1 atom stereocenters. The van der Waals surface area contributed by atoms with Crippen LogP contribution in [-0.2, 0) is 0 Å². The third-order valence-corrected chi connectivity index (χ3v) is 2.71. The minimum Gasteiger partial charge on any atom is -0.331 e. The first-order chi connectivity index (χ1) is 9.56. The fraction of sp³-hybridized carbons (Fsp3) is 0.143. The molecular weight excluding hydrogens is 264 g/mol. The number of anilines is 1. The number of aromatic nitrogens is 1. The Morgan fingerprint density at radius 1 is 1.25 bits per heavy atom. The number of amides is 2. The Bertz CT molecular complexity index is 605. The molecule has 4 nitrogen and oxygen atoms in total. The highest BCUT2D eigenvalue weighted by molar-refractivity contribution is 5.89. The summed E-state index contributed by atoms with van der Waals surface area (Å²) in [5.41, 5.74) is 1.02. The maximum Gasteiger partial charge on any atom is 0.319 e. The first-order valence-electron chi connectivity index (χ1n) is 5.99. The molecule has 0 fully saturated rings. The smallest absolute Gasteiger partial charge is 0.319 e. The summed E-state index contributed by atoms with van der Waals surface area (Å²) in [6, 6.07) is 5.99. The van der Waals surface area contributed by atoms with Crippen LogP contribution in [0, 0.1) is 11.6 Å². The van der Waals surface area contributed by atoms with Crippen molar-refractivity contribution in [2.45, 2.75) is 13.0 Å². The maximum absolute atomic E-state index is 13.1. The van der Waals surface area contributed by atoms with Crippen molar-refractivity contribution in [3.05, 3.63) is 59.9 Å². The molecule has 2 aromatic rings. The van der Waals surface area contributed by atoms with Gasteiger partial charge in [-0.3, -0.25) is 4.98 Å². The van der Waals surface area contributed by atoms with Crippen LogP contribution in [0.2, 0.25) is 0 Å². The minimum absolute atomic E-state index is 0.449. The van der Waals surface area contributed by atoms with Crippen LogP contribution in [0.3, 0.4) is 0 Å². The van der Waals surface area contributed by atoms with Crippen LogP contribution < -0.4 is 10.6 Å². The monoisotopic (exact) mass is 277 g/mol. The molecule has 0 spiro atoms. The molecular formula is C14H13F2N3O. The molecule has 104 valence electrons. The number of hydrogen-bond donors (Lipinski definition) is 2. The average Bonchev–Trinajstić information content (AvgIpc) is 2.42. The fourth-order valence-electron chi connectivity index (χ4n) is 1.67. The number of urea groups is 1. The van der Waals surface area contributed by atoms with E-state index in [1.165, 1.54) is 12.3 Å². The summed E-state index contributed by atoms with van der Waals surface area (Å²) >= 11 is 0. The zero-order valence-corrected chi connectivity index (χ0v) is 10.7. The highest BCUT2D eigenvalue weighted by atomic mass is 19.2. The van der Waals surface area contributed by atoms with E-state index in [0.29, 0.717) is 11.3 Å². The summed E-state index contributed by atoms with van der Waals surface area (Å²) in [7, 11) is 0. The van der Waals surface area contributed by atoms with Crippen LogP contribution >= 0.6 is 0 Å². The summed E-state index contributed by atoms with van der Waals surface area (Å²) in [5, 5.41) is 5.21. The highest BCUT2D eigenvalue weighted by Gasteiger charge is 2.12. The van der Waals surface area contributed by atoms with Crippen LogP contribution in [-0.4, -0.2) is 11.0 Å². The summed E-state index contributed by atoms with van der Waals surface area (Å²) in [6.45, 7) is 1.68. The van der Waals surface area contributed by atoms with Gasteiger partial charge < -0.3 is 10.6 Å². The van der Waals surface area contributed by atoms with Crippen LogP contribution in [0.1, 0.15) is 18.5 Å². The molecule has 0 unspecified atom stereocenters. The molecule has 1 aromatic heterocycles. The van der Waals surface area contributed by atoms with E-state index in [4.69, 9.17) is 0 Å². The molecule has 0 saturated carbocycles. The molecule has 2 rings (SSSR count). The van der Waals surface area contributed by atoms with Gasteiger partial charge in [-0.15, -0.1) is 0 Å². The summed E-state index contributed by atoms with van der Waals surface area (Å²) in [4.78, 5) is 15.6. The second-order valence-electron chi connectivity index (χ2n) is 4.24. The van der Waals surface area contributed by atoms with Gasteiger partial charge in [-0.25, -0.2) is 13.6 Å². The Hall–Kier alpha value is -2.50. The normalized spacial score (nSPS) is 11.8. The topological polar surface area (TPSA) is 54.0 Å². The van der Waals surface area contributed by atoms with Gasteiger partial charge >= 0.3 is 6.03 Å². The van der Waals surface area contributed by atoms with Crippen molar-refractivity contribution in [2.24, 2.45) is 0 Å². The minimum atomic E-state index is -0.941. The van der Waals surface area contributed by atoms with E-state index in [1.54, 1.807) is 25.3 Å². The van der Waals surface area contributed by atoms with Gasteiger partial charge in [-0.05, 0) is 36.8 Å². The lowest BCUT2D eigenvalue weighted by Crippen LogP contribution is -2.31. The predicted octanol–water partition coefficient (Wildman–Crippen LogP) is 3.24. The number of benzene rings is 1. The number of rotatable bonds is 3. The standard InChI is InChI=1S/C14H13F2N3O/c1-9(10-4-5-12(15)13(16)7-10)18-14(20)19-11-3-2-6-17-8-11/h2-9H,1H3,(H2,18,19,20)/t9-/m1/s1. The van der Waals surface area contributed by atoms with Crippen molar-refractivity contribution in [3.63, 3.8) is 0 Å². The summed E-state index contributed by atoms with van der Waals surface area (Å²) in [6.07, 6.45) is 3.09. The Labute approximate surface area is 114 Å². The van der Waals surface area contributed by atoms with E-state index in [-0.39, 0.29) is 0 Å². The van der Waals surface area contributed by atoms with Gasteiger partial charge in [0.05, 0.1) is 17.9 Å². The number of pyridine rings is 1. The van der Waals surface area contributed by atoms with E-state index in [2.05, 4.69) is 15.6 Å². The Balaban J connectivity index is 1.98. The third kappa shape index (κ3) is 3.50. The van der Waals surface area contributed by atoms with Crippen LogP contribution in [0.5, 0.6) is 0 Å². The Kier molecular flexibility index (Phi) is 4.24. The van der Waals surface area contributed by atoms with Gasteiger partial charge in [-0.1, -0.05) is 6.07 Å². The lowest BCUT2D eigenvalue weighted by atomic mass is 10.1. The number of nitrogens with zero attached hydrogens (tertiary/aromatic N) is 1. The largest absolute Gasteiger partial charge is 0.331 e. The Morgan fingerprint density at radius 3 is 2.70 bits per heavy atom. The molecule has 1 aromatic carbocycles. The van der Waals surface area contributed by atoms with E-state index in [0.717, 1.165) is 12.1 Å². The molecule has 0 saturated heterocycles. The molecule has 0 aliphatic heterocycles. The molecule has 0 radical (unpaired) electrons.